The van der Waals surface area contributed by atoms with Gasteiger partial charge in [-0.2, -0.15) is 0 Å². The highest BCUT2D eigenvalue weighted by atomic mass is 32.1. The van der Waals surface area contributed by atoms with E-state index in [-0.39, 0.29) is 12.8 Å². The molecule has 2 N–H and O–H groups in total. The van der Waals surface area contributed by atoms with E-state index in [0.29, 0.717) is 0 Å². The molecular formula is C14H27O4S. The molecular weight excluding hydrogens is 264 g/mol. The minimum Gasteiger partial charge on any atom is -0.481 e. The molecule has 0 aliphatic carbocycles. The van der Waals surface area contributed by atoms with Crippen LogP contribution in [0.25, 0.3) is 0 Å². The van der Waals surface area contributed by atoms with Crippen LogP contribution in [0.1, 0.15) is 65.2 Å². The third-order valence-corrected chi connectivity index (χ3v) is 2.77. The molecule has 0 heterocycles. The first-order valence-electron chi connectivity index (χ1n) is 6.91. The van der Waals surface area contributed by atoms with Gasteiger partial charge in [-0.3, -0.25) is 9.59 Å². The molecule has 19 heavy (non-hydrogen) atoms. The summed E-state index contributed by atoms with van der Waals surface area (Å²) in [6.45, 7) is 4.59. The maximum Gasteiger partial charge on any atom is 0.303 e. The molecule has 0 fully saturated rings. The van der Waals surface area contributed by atoms with E-state index in [4.69, 9.17) is 22.8 Å². The maximum atomic E-state index is 9.64. The Labute approximate surface area is 122 Å². The molecule has 0 aliphatic heterocycles. The van der Waals surface area contributed by atoms with Crippen LogP contribution in [0.5, 0.6) is 0 Å². The Morgan fingerprint density at radius 2 is 1.32 bits per heavy atom. The van der Waals surface area contributed by atoms with Gasteiger partial charge >= 0.3 is 11.9 Å². The summed E-state index contributed by atoms with van der Waals surface area (Å²) in [5.74, 6) is -0.321. The van der Waals surface area contributed by atoms with Gasteiger partial charge in [0, 0.05) is 5.75 Å². The molecule has 0 aromatic carbocycles. The van der Waals surface area contributed by atoms with Crippen LogP contribution in [0.4, 0.5) is 0 Å². The van der Waals surface area contributed by atoms with E-state index in [0.717, 1.165) is 11.7 Å². The average Bonchev–Trinajstić information content (AvgIpc) is 2.31. The zero-order valence-corrected chi connectivity index (χ0v) is 12.9. The lowest BCUT2D eigenvalue weighted by molar-refractivity contribution is -0.143. The lowest BCUT2D eigenvalue weighted by Gasteiger charge is -2.03. The van der Waals surface area contributed by atoms with Crippen molar-refractivity contribution in [3.8, 4) is 0 Å². The van der Waals surface area contributed by atoms with Crippen LogP contribution in [0.2, 0.25) is 0 Å². The summed E-state index contributed by atoms with van der Waals surface area (Å²) in [5.41, 5.74) is 0. The van der Waals surface area contributed by atoms with E-state index in [1.807, 2.05) is 0 Å². The lowest BCUT2D eigenvalue weighted by Crippen LogP contribution is -2.00. The summed E-state index contributed by atoms with van der Waals surface area (Å²) in [6, 6.07) is 0. The molecule has 113 valence electrons. The van der Waals surface area contributed by atoms with Crippen molar-refractivity contribution in [2.75, 3.05) is 5.75 Å². The standard InChI is InChI=1S/C10H21S.C4H6O4/c1-10(2)8-6-4-3-5-7-9-11;5-3(6)1-2-4(7)8/h10H,3-9H2,1-2H3;1-2H2,(H,5,6)(H,7,8). The van der Waals surface area contributed by atoms with E-state index in [1.54, 1.807) is 0 Å². The zero-order valence-electron chi connectivity index (χ0n) is 12.1. The summed E-state index contributed by atoms with van der Waals surface area (Å²) in [4.78, 5) is 19.3. The Balaban J connectivity index is 0. The minimum absolute atomic E-state index is 0.296. The summed E-state index contributed by atoms with van der Waals surface area (Å²) in [5, 5.41) is 15.8. The fourth-order valence-electron chi connectivity index (χ4n) is 1.40. The number of carboxylic acid groups (broad SMARTS) is 2. The topological polar surface area (TPSA) is 74.6 Å². The highest BCUT2D eigenvalue weighted by Gasteiger charge is 2.00. The number of unbranched alkanes of at least 4 members (excludes halogenated alkanes) is 4. The third-order valence-electron chi connectivity index (χ3n) is 2.48. The minimum atomic E-state index is -1.08. The Bertz CT molecular complexity index is 215. The summed E-state index contributed by atoms with van der Waals surface area (Å²) in [6.07, 6.45) is 7.61. The van der Waals surface area contributed by atoms with Crippen LogP contribution in [0.15, 0.2) is 0 Å². The molecule has 0 saturated carbocycles. The average molecular weight is 291 g/mol. The van der Waals surface area contributed by atoms with Crippen molar-refractivity contribution in [1.29, 1.82) is 0 Å². The Morgan fingerprint density at radius 3 is 1.68 bits per heavy atom. The van der Waals surface area contributed by atoms with E-state index >= 15 is 0 Å². The van der Waals surface area contributed by atoms with E-state index in [1.165, 1.54) is 38.5 Å². The Hall–Kier alpha value is -0.710. The molecule has 0 aromatic rings. The number of rotatable bonds is 10. The second kappa shape index (κ2) is 15.3. The van der Waals surface area contributed by atoms with Gasteiger partial charge in [-0.15, -0.1) is 0 Å². The second-order valence-corrected chi connectivity index (χ2v) is 5.35. The highest BCUT2D eigenvalue weighted by Crippen LogP contribution is 2.10. The van der Waals surface area contributed by atoms with Gasteiger partial charge in [0.1, 0.15) is 0 Å². The molecule has 0 saturated heterocycles. The number of carboxylic acids is 2. The van der Waals surface area contributed by atoms with Crippen LogP contribution >= 0.6 is 12.6 Å². The van der Waals surface area contributed by atoms with Gasteiger partial charge in [0.05, 0.1) is 12.8 Å². The molecule has 0 bridgehead atoms. The molecule has 0 atom stereocenters. The van der Waals surface area contributed by atoms with E-state index in [2.05, 4.69) is 13.8 Å². The number of carbonyl (C=O) groups is 2. The van der Waals surface area contributed by atoms with Crippen LogP contribution in [0, 0.1) is 5.92 Å². The van der Waals surface area contributed by atoms with Crippen LogP contribution in [-0.4, -0.2) is 27.9 Å². The van der Waals surface area contributed by atoms with Crippen LogP contribution < -0.4 is 0 Å². The molecule has 0 aliphatic rings. The van der Waals surface area contributed by atoms with E-state index in [9.17, 15) is 9.59 Å². The quantitative estimate of drug-likeness (QED) is 0.594. The van der Waals surface area contributed by atoms with Crippen LogP contribution in [-0.2, 0) is 9.59 Å². The van der Waals surface area contributed by atoms with Crippen molar-refractivity contribution in [3.05, 3.63) is 0 Å². The van der Waals surface area contributed by atoms with Crippen molar-refractivity contribution >= 4 is 24.6 Å². The Morgan fingerprint density at radius 1 is 0.895 bits per heavy atom. The Kier molecular flexibility index (Phi) is 16.6. The first-order valence-corrected chi connectivity index (χ1v) is 7.49. The van der Waals surface area contributed by atoms with Gasteiger partial charge in [0.2, 0.25) is 0 Å². The fraction of sp³-hybridized carbons (Fsp3) is 0.857. The van der Waals surface area contributed by atoms with Gasteiger partial charge in [-0.05, 0) is 12.3 Å². The number of aliphatic carboxylic acids is 2. The molecule has 0 amide bonds. The molecule has 1 radical (unpaired) electrons. The van der Waals surface area contributed by atoms with E-state index < -0.39 is 11.9 Å². The number of hydrogen-bond acceptors (Lipinski definition) is 2. The first kappa shape index (κ1) is 20.6. The maximum absolute atomic E-state index is 9.64. The van der Waals surface area contributed by atoms with Crippen molar-refractivity contribution < 1.29 is 19.8 Å². The molecule has 0 spiro atoms. The van der Waals surface area contributed by atoms with Gasteiger partial charge in [-0.25, -0.2) is 0 Å². The summed E-state index contributed by atoms with van der Waals surface area (Å²) < 4.78 is 0. The SMILES string of the molecule is CC(C)CCCCCCC[S].O=C(O)CCC(=O)O. The van der Waals surface area contributed by atoms with Gasteiger partial charge in [0.15, 0.2) is 0 Å². The van der Waals surface area contributed by atoms with Crippen molar-refractivity contribution in [2.45, 2.75) is 65.2 Å². The predicted octanol–water partition coefficient (Wildman–Crippen LogP) is 4.12. The van der Waals surface area contributed by atoms with Crippen molar-refractivity contribution in [1.82, 2.24) is 0 Å². The normalized spacial score (nSPS) is 9.89. The van der Waals surface area contributed by atoms with Gasteiger partial charge < -0.3 is 10.2 Å². The number of hydrogen-bond donors (Lipinski definition) is 2. The zero-order chi connectivity index (χ0) is 15.1. The van der Waals surface area contributed by atoms with Gasteiger partial charge in [0.25, 0.3) is 0 Å². The lowest BCUT2D eigenvalue weighted by atomic mass is 10.0. The van der Waals surface area contributed by atoms with Crippen LogP contribution in [0.3, 0.4) is 0 Å². The summed E-state index contributed by atoms with van der Waals surface area (Å²) >= 11 is 4.87. The van der Waals surface area contributed by atoms with Crippen molar-refractivity contribution in [3.63, 3.8) is 0 Å². The third kappa shape index (κ3) is 26.8. The first-order chi connectivity index (χ1) is 8.90. The largest absolute Gasteiger partial charge is 0.481 e. The smallest absolute Gasteiger partial charge is 0.303 e. The monoisotopic (exact) mass is 291 g/mol. The molecule has 5 heteroatoms. The van der Waals surface area contributed by atoms with Gasteiger partial charge in [-0.1, -0.05) is 58.6 Å². The highest BCUT2D eigenvalue weighted by molar-refractivity contribution is 7.80. The molecule has 0 aromatic heterocycles. The van der Waals surface area contributed by atoms with Crippen molar-refractivity contribution in [2.24, 2.45) is 5.92 Å². The second-order valence-electron chi connectivity index (χ2n) is 4.94. The molecule has 0 rings (SSSR count). The molecule has 4 nitrogen and oxygen atoms in total. The molecule has 0 unspecified atom stereocenters. The summed E-state index contributed by atoms with van der Waals surface area (Å²) in [7, 11) is 0. The predicted molar refractivity (Wildman–Crippen MR) is 79.5 cm³/mol. The fourth-order valence-corrected chi connectivity index (χ4v) is 1.60.